The maximum absolute atomic E-state index is 13.9. The molecule has 3 rings (SSSR count). The van der Waals surface area contributed by atoms with Crippen molar-refractivity contribution in [1.82, 2.24) is 10.6 Å². The fourth-order valence-corrected chi connectivity index (χ4v) is 8.39. The fraction of sp³-hybridized carbons (Fsp3) is 0.526. The van der Waals surface area contributed by atoms with Crippen LogP contribution in [0, 0.1) is 0 Å². The van der Waals surface area contributed by atoms with Gasteiger partial charge in [0.1, 0.15) is 12.3 Å². The molecule has 52 heavy (non-hydrogen) atoms. The third-order valence-corrected chi connectivity index (χ3v) is 12.0. The number of para-hydroxylation sites is 1. The number of benzene rings is 2. The molecule has 2 aromatic rings. The van der Waals surface area contributed by atoms with E-state index in [1.54, 1.807) is 33.5 Å². The van der Waals surface area contributed by atoms with Gasteiger partial charge in [-0.3, -0.25) is 24.2 Å². The predicted molar refractivity (Wildman–Crippen MR) is 214 cm³/mol. The third kappa shape index (κ3) is 13.3. The number of nitrogens with zero attached hydrogens (tertiary/aromatic N) is 3. The summed E-state index contributed by atoms with van der Waals surface area (Å²) in [4.78, 5) is 56.6. The van der Waals surface area contributed by atoms with Crippen molar-refractivity contribution in [2.24, 2.45) is 21.7 Å². The number of ether oxygens (including phenoxy) is 1. The van der Waals surface area contributed by atoms with Gasteiger partial charge >= 0.3 is 0 Å². The van der Waals surface area contributed by atoms with Gasteiger partial charge < -0.3 is 31.8 Å². The second-order valence-corrected chi connectivity index (χ2v) is 17.8. The van der Waals surface area contributed by atoms with E-state index in [9.17, 15) is 19.2 Å². The average Bonchev–Trinajstić information content (AvgIpc) is 3.08. The molecular formula is C38H55N7O5S2. The Labute approximate surface area is 316 Å². The Balaban J connectivity index is 1.60. The summed E-state index contributed by atoms with van der Waals surface area (Å²) in [5.74, 6) is 5.86. The third-order valence-electron chi connectivity index (χ3n) is 8.67. The molecule has 1 aliphatic heterocycles. The first kappa shape index (κ1) is 42.5. The molecule has 0 aliphatic carbocycles. The molecule has 2 aromatic carbocycles. The van der Waals surface area contributed by atoms with Crippen molar-refractivity contribution < 1.29 is 23.9 Å². The van der Waals surface area contributed by atoms with Gasteiger partial charge in [-0.05, 0) is 72.4 Å². The maximum atomic E-state index is 13.9. The Bertz CT molecular complexity index is 1640. The van der Waals surface area contributed by atoms with E-state index < -0.39 is 5.54 Å². The molecule has 0 fully saturated rings. The molecule has 0 aromatic heterocycles. The average molecular weight is 754 g/mol. The molecule has 0 radical (unpaired) electrons. The molecule has 0 bridgehead atoms. The van der Waals surface area contributed by atoms with Gasteiger partial charge in [0.05, 0.1) is 23.5 Å². The number of amides is 4. The van der Waals surface area contributed by atoms with Gasteiger partial charge in [-0.15, -0.1) is 0 Å². The van der Waals surface area contributed by atoms with Gasteiger partial charge in [-0.2, -0.15) is 5.10 Å². The standard InChI is InChI=1S/C38H55N7O5S2/c1-36(2,20-22-50-37(3,4)21-23-51-52-38(5,6)19-18-30(39)46)43-31(47)16-17-33(49)45-25-26-12-8-9-13-27(26)34(42-24-32(48)41-7)35(44-40)28-14-10-11-15-29(28)45/h8-15H,16-25,40H2,1-7H3,(H2,39,46)(H,41,48)(H,43,47)/b42-34?,44-35-. The molecule has 1 aliphatic rings. The molecule has 0 saturated carbocycles. The first-order valence-corrected chi connectivity index (χ1v) is 19.8. The van der Waals surface area contributed by atoms with E-state index in [-0.39, 0.29) is 59.9 Å². The fourth-order valence-electron chi connectivity index (χ4n) is 5.52. The minimum absolute atomic E-state index is 0.0102. The monoisotopic (exact) mass is 753 g/mol. The van der Waals surface area contributed by atoms with Gasteiger partial charge in [0.2, 0.25) is 23.6 Å². The molecule has 0 spiro atoms. The summed E-state index contributed by atoms with van der Waals surface area (Å²) in [7, 11) is 5.08. The zero-order valence-corrected chi connectivity index (χ0v) is 33.2. The van der Waals surface area contributed by atoms with Crippen LogP contribution in [0.25, 0.3) is 0 Å². The maximum Gasteiger partial charge on any atom is 0.241 e. The van der Waals surface area contributed by atoms with Crippen LogP contribution in [-0.4, -0.2) is 76.9 Å². The predicted octanol–water partition coefficient (Wildman–Crippen LogP) is 5.11. The first-order valence-electron chi connectivity index (χ1n) is 17.5. The van der Waals surface area contributed by atoms with Crippen molar-refractivity contribution >= 4 is 62.3 Å². The number of nitrogens with one attached hydrogen (secondary N) is 2. The van der Waals surface area contributed by atoms with Gasteiger partial charge in [-0.1, -0.05) is 64.1 Å². The van der Waals surface area contributed by atoms with Gasteiger partial charge in [0.15, 0.2) is 0 Å². The molecule has 12 nitrogen and oxygen atoms in total. The lowest BCUT2D eigenvalue weighted by atomic mass is 9.91. The Morgan fingerprint density at radius 1 is 0.865 bits per heavy atom. The number of carbonyl (C=O) groups is 4. The number of nitrogens with two attached hydrogens (primary N) is 2. The number of aliphatic imine (C=N–C) groups is 1. The number of hydrazone groups is 1. The van der Waals surface area contributed by atoms with E-state index in [4.69, 9.17) is 16.3 Å². The van der Waals surface area contributed by atoms with Gasteiger partial charge in [0, 0.05) is 60.1 Å². The van der Waals surface area contributed by atoms with Crippen molar-refractivity contribution in [2.75, 3.05) is 30.9 Å². The summed E-state index contributed by atoms with van der Waals surface area (Å²) >= 11 is 0. The number of likely N-dealkylation sites (N-methyl/N-ethyl adjacent to an activating group) is 1. The molecule has 6 N–H and O–H groups in total. The largest absolute Gasteiger partial charge is 0.375 e. The number of primary amides is 1. The number of anilines is 1. The number of carbonyl (C=O) groups excluding carboxylic acids is 4. The summed E-state index contributed by atoms with van der Waals surface area (Å²) in [6.07, 6.45) is 2.56. The molecule has 0 saturated heterocycles. The highest BCUT2D eigenvalue weighted by Gasteiger charge is 2.30. The van der Waals surface area contributed by atoms with Crippen molar-refractivity contribution in [3.63, 3.8) is 0 Å². The zero-order valence-electron chi connectivity index (χ0n) is 31.5. The molecule has 4 amide bonds. The topological polar surface area (TPSA) is 182 Å². The minimum Gasteiger partial charge on any atom is -0.375 e. The summed E-state index contributed by atoms with van der Waals surface area (Å²) < 4.78 is 6.19. The van der Waals surface area contributed by atoms with Crippen LogP contribution in [0.2, 0.25) is 0 Å². The molecule has 0 unspecified atom stereocenters. The highest BCUT2D eigenvalue weighted by Crippen LogP contribution is 2.40. The number of hydrogen-bond donors (Lipinski definition) is 4. The lowest BCUT2D eigenvalue weighted by Crippen LogP contribution is -2.45. The van der Waals surface area contributed by atoms with Crippen molar-refractivity contribution in [2.45, 2.75) is 102 Å². The van der Waals surface area contributed by atoms with Crippen LogP contribution >= 0.6 is 21.6 Å². The van der Waals surface area contributed by atoms with Gasteiger partial charge in [0.25, 0.3) is 0 Å². The normalized spacial score (nSPS) is 15.0. The molecule has 14 heteroatoms. The van der Waals surface area contributed by atoms with Crippen LogP contribution in [0.1, 0.15) is 96.8 Å². The molecule has 1 heterocycles. The summed E-state index contributed by atoms with van der Waals surface area (Å²) in [5.41, 5.74) is 7.93. The van der Waals surface area contributed by atoms with Crippen LogP contribution in [0.3, 0.4) is 0 Å². The molecule has 0 atom stereocenters. The lowest BCUT2D eigenvalue weighted by Gasteiger charge is -2.31. The van der Waals surface area contributed by atoms with Crippen LogP contribution in [0.4, 0.5) is 5.69 Å². The van der Waals surface area contributed by atoms with E-state index in [0.717, 1.165) is 24.2 Å². The number of hydrogen-bond acceptors (Lipinski definition) is 10. The summed E-state index contributed by atoms with van der Waals surface area (Å²) in [5, 5.41) is 9.75. The van der Waals surface area contributed by atoms with Crippen LogP contribution in [0.5, 0.6) is 0 Å². The highest BCUT2D eigenvalue weighted by molar-refractivity contribution is 8.77. The first-order chi connectivity index (χ1) is 24.5. The van der Waals surface area contributed by atoms with Crippen LogP contribution < -0.4 is 27.1 Å². The lowest BCUT2D eigenvalue weighted by molar-refractivity contribution is -0.126. The zero-order chi connectivity index (χ0) is 38.5. The Kier molecular flexibility index (Phi) is 15.8. The van der Waals surface area contributed by atoms with Crippen LogP contribution in [-0.2, 0) is 30.5 Å². The minimum atomic E-state index is -0.547. The van der Waals surface area contributed by atoms with Crippen LogP contribution in [0.15, 0.2) is 58.6 Å². The van der Waals surface area contributed by atoms with E-state index in [1.165, 1.54) is 0 Å². The Morgan fingerprint density at radius 3 is 2.21 bits per heavy atom. The van der Waals surface area contributed by atoms with E-state index in [1.807, 2.05) is 62.4 Å². The van der Waals surface area contributed by atoms with E-state index in [2.05, 4.69) is 48.4 Å². The second kappa shape index (κ2) is 19.3. The number of fused-ring (bicyclic) bond motifs is 2. The Morgan fingerprint density at radius 2 is 1.54 bits per heavy atom. The smallest absolute Gasteiger partial charge is 0.241 e. The molecular weight excluding hydrogens is 699 g/mol. The summed E-state index contributed by atoms with van der Waals surface area (Å²) in [6, 6.07) is 14.8. The molecule has 284 valence electrons. The van der Waals surface area contributed by atoms with E-state index in [0.29, 0.717) is 47.7 Å². The highest BCUT2D eigenvalue weighted by atomic mass is 33.1. The number of rotatable bonds is 18. The van der Waals surface area contributed by atoms with Gasteiger partial charge in [-0.25, -0.2) is 0 Å². The van der Waals surface area contributed by atoms with Crippen molar-refractivity contribution in [3.05, 3.63) is 65.2 Å². The Hall–Kier alpha value is -3.88. The SMILES string of the molecule is CNC(=O)CN=C1/C(=N\N)c2ccccc2N(C(=O)CCC(=O)NC(C)(C)CCOC(C)(C)CCSSC(C)(C)CCC(N)=O)Cc2ccccc21. The van der Waals surface area contributed by atoms with E-state index >= 15 is 0 Å². The van der Waals surface area contributed by atoms with Crippen molar-refractivity contribution in [3.8, 4) is 0 Å². The van der Waals surface area contributed by atoms with Crippen molar-refractivity contribution in [1.29, 1.82) is 0 Å². The summed E-state index contributed by atoms with van der Waals surface area (Å²) in [6.45, 7) is 12.8. The second-order valence-electron chi connectivity index (χ2n) is 14.6. The quantitative estimate of drug-likeness (QED) is 0.0702.